The minimum absolute atomic E-state index is 0.0538. The van der Waals surface area contributed by atoms with Crippen molar-refractivity contribution in [3.05, 3.63) is 58.0 Å². The molecule has 1 spiro atoms. The number of piperidine rings is 1. The normalized spacial score (nSPS) is 31.8. The maximum atomic E-state index is 14.7. The molecule has 1 saturated heterocycles. The summed E-state index contributed by atoms with van der Waals surface area (Å²) in [5.41, 5.74) is -0.111. The van der Waals surface area contributed by atoms with Gasteiger partial charge in [-0.2, -0.15) is 0 Å². The standard InChI is InChI=1S/C46H62N4O11/c1-22(2)21-50-18-16-46(17-19-50)48-34-31-32-39(54)28(8)42-33(31)43(56)45(10,61-42)59-20-15-30(58-11)25(5)41(60-29(9)51)27(7)38(53)26(6)37(52)23(3)13-12-14-24(4)44(57)47-36(40(32)55)35(34)49-46/h12-15,20,22-23,25-27,30,37-38,41,48,52-55H,16-19,21H2,1-11H3/b13-12+,20-15+,24-14?,47-36?/t23-,25+,26+,27+,30-,37-,38+,41+,45-/m0/s1. The fourth-order valence-electron chi connectivity index (χ4n) is 9.24. The molecule has 9 atom stereocenters. The number of phenols is 2. The first-order valence-corrected chi connectivity index (χ1v) is 21.2. The zero-order valence-corrected chi connectivity index (χ0v) is 37.1. The molecule has 0 unspecified atom stereocenters. The maximum absolute atomic E-state index is 14.7. The topological polar surface area (TPSA) is 209 Å². The number of likely N-dealkylation sites (tertiary alicyclic amines) is 1. The Balaban J connectivity index is 1.55. The molecule has 1 amide bonds. The minimum atomic E-state index is -1.95. The number of aliphatic hydroxyl groups is 2. The average molecular weight is 847 g/mol. The minimum Gasteiger partial charge on any atom is -0.507 e. The lowest BCUT2D eigenvalue weighted by Gasteiger charge is -2.38. The average Bonchev–Trinajstić information content (AvgIpc) is 3.71. The zero-order chi connectivity index (χ0) is 44.9. The van der Waals surface area contributed by atoms with Gasteiger partial charge in [-0.25, -0.2) is 4.99 Å². The summed E-state index contributed by atoms with van der Waals surface area (Å²) in [5.74, 6) is -6.57. The Labute approximate surface area is 356 Å². The number of esters is 1. The van der Waals surface area contributed by atoms with Crippen molar-refractivity contribution in [1.82, 2.24) is 4.90 Å². The number of hydrogen-bond donors (Lipinski definition) is 5. The van der Waals surface area contributed by atoms with Crippen LogP contribution in [0.25, 0.3) is 10.8 Å². The van der Waals surface area contributed by atoms with Gasteiger partial charge in [0.1, 0.15) is 34.0 Å². The van der Waals surface area contributed by atoms with Gasteiger partial charge in [-0.05, 0) is 25.8 Å². The van der Waals surface area contributed by atoms with Gasteiger partial charge in [0, 0.05) is 93.6 Å². The molecule has 61 heavy (non-hydrogen) atoms. The molecule has 4 bridgehead atoms. The Morgan fingerprint density at radius 3 is 2.28 bits per heavy atom. The number of aromatic hydroxyl groups is 2. The number of carbonyl (C=O) groups is 3. The molecular weight excluding hydrogens is 785 g/mol. The van der Waals surface area contributed by atoms with E-state index in [0.717, 1.165) is 19.6 Å². The lowest BCUT2D eigenvalue weighted by molar-refractivity contribution is -0.160. The Morgan fingerprint density at radius 2 is 1.66 bits per heavy atom. The largest absolute Gasteiger partial charge is 0.507 e. The number of carbonyl (C=O) groups excluding carboxylic acids is 3. The molecule has 0 saturated carbocycles. The molecule has 4 heterocycles. The van der Waals surface area contributed by atoms with E-state index in [1.165, 1.54) is 27.2 Å². The maximum Gasteiger partial charge on any atom is 0.312 e. The highest BCUT2D eigenvalue weighted by molar-refractivity contribution is 6.21. The van der Waals surface area contributed by atoms with Crippen LogP contribution in [0.15, 0.2) is 46.1 Å². The molecule has 15 nitrogen and oxygen atoms in total. The predicted octanol–water partition coefficient (Wildman–Crippen LogP) is 4.75. The monoisotopic (exact) mass is 846 g/mol. The van der Waals surface area contributed by atoms with E-state index >= 15 is 0 Å². The third kappa shape index (κ3) is 8.54. The van der Waals surface area contributed by atoms with Crippen LogP contribution in [-0.4, -0.2) is 106 Å². The number of ketones is 1. The van der Waals surface area contributed by atoms with Crippen LogP contribution in [-0.2, 0) is 23.8 Å². The van der Waals surface area contributed by atoms with Crippen LogP contribution in [0.2, 0.25) is 0 Å². The Hall–Kier alpha value is -4.83. The highest BCUT2D eigenvalue weighted by atomic mass is 16.7. The van der Waals surface area contributed by atoms with Crippen LogP contribution in [0.5, 0.6) is 17.2 Å². The molecule has 5 N–H and O–H groups in total. The molecule has 2 aromatic carbocycles. The number of fused-ring (bicyclic) bond motifs is 1. The Kier molecular flexibility index (Phi) is 13.1. The van der Waals surface area contributed by atoms with Crippen LogP contribution < -0.4 is 20.8 Å². The van der Waals surface area contributed by atoms with Crippen LogP contribution in [0, 0.1) is 36.5 Å². The van der Waals surface area contributed by atoms with Crippen molar-refractivity contribution in [2.24, 2.45) is 39.6 Å². The number of amides is 1. The molecule has 4 aliphatic heterocycles. The van der Waals surface area contributed by atoms with Crippen molar-refractivity contribution in [2.45, 2.75) is 118 Å². The van der Waals surface area contributed by atoms with E-state index in [1.807, 2.05) is 0 Å². The lowest BCUT2D eigenvalue weighted by Crippen LogP contribution is -2.47. The highest BCUT2D eigenvalue weighted by Crippen LogP contribution is 2.51. The number of benzene rings is 2. The molecule has 0 aliphatic carbocycles. The number of rotatable bonds is 4. The number of allylic oxidation sites excluding steroid dienone is 2. The Bertz CT molecular complexity index is 2300. The number of methoxy groups -OCH3 is 1. The number of ether oxygens (including phenoxy) is 4. The molecule has 6 rings (SSSR count). The van der Waals surface area contributed by atoms with Crippen molar-refractivity contribution in [3.63, 3.8) is 0 Å². The van der Waals surface area contributed by atoms with Gasteiger partial charge in [-0.15, -0.1) is 0 Å². The number of nitrogens with one attached hydrogen (secondary N) is 1. The van der Waals surface area contributed by atoms with Gasteiger partial charge in [0.05, 0.1) is 41.2 Å². The second-order valence-corrected chi connectivity index (χ2v) is 18.0. The lowest BCUT2D eigenvalue weighted by atomic mass is 9.78. The fourth-order valence-corrected chi connectivity index (χ4v) is 9.24. The van der Waals surface area contributed by atoms with Gasteiger partial charge < -0.3 is 49.6 Å². The highest BCUT2D eigenvalue weighted by Gasteiger charge is 2.51. The van der Waals surface area contributed by atoms with E-state index in [0.29, 0.717) is 24.4 Å². The molecule has 0 radical (unpaired) electrons. The molecule has 15 heteroatoms. The Morgan fingerprint density at radius 1 is 0.984 bits per heavy atom. The van der Waals surface area contributed by atoms with Gasteiger partial charge >= 0.3 is 11.8 Å². The summed E-state index contributed by atoms with van der Waals surface area (Å²) in [4.78, 5) is 52.9. The first kappa shape index (κ1) is 45.7. The van der Waals surface area contributed by atoms with Crippen molar-refractivity contribution in [3.8, 4) is 17.2 Å². The van der Waals surface area contributed by atoms with Gasteiger partial charge in [0.25, 0.3) is 11.7 Å². The van der Waals surface area contributed by atoms with Crippen LogP contribution in [0.3, 0.4) is 0 Å². The summed E-state index contributed by atoms with van der Waals surface area (Å²) in [5, 5.41) is 50.5. The van der Waals surface area contributed by atoms with Crippen molar-refractivity contribution < 1.29 is 53.8 Å². The first-order chi connectivity index (χ1) is 28.6. The SMILES string of the molecule is CO[C@H]1/C=C/O[C@@]2(C)Oc3c(C)c(O)c4c(O)c(c5c(c4c3C2=O)NC2(CCN(CC(C)C)CC2)N=5)=NC(=O)C(C)=C/C=C/[C@H](C)[C@H](O)[C@@H](C)[C@@H](O)[C@@H](C)[C@H](OC(C)=O)[C@@H]1C. The quantitative estimate of drug-likeness (QED) is 0.208. The number of anilines is 1. The van der Waals surface area contributed by atoms with Gasteiger partial charge in [0.2, 0.25) is 0 Å². The fraction of sp³-hybridized carbons (Fsp3) is 0.587. The zero-order valence-electron chi connectivity index (χ0n) is 37.1. The van der Waals surface area contributed by atoms with Crippen molar-refractivity contribution >= 4 is 34.1 Å². The molecule has 2 aromatic rings. The smallest absolute Gasteiger partial charge is 0.312 e. The second kappa shape index (κ2) is 17.5. The van der Waals surface area contributed by atoms with E-state index in [-0.39, 0.29) is 49.7 Å². The van der Waals surface area contributed by atoms with E-state index in [1.54, 1.807) is 65.8 Å². The van der Waals surface area contributed by atoms with Crippen LogP contribution in [0.4, 0.5) is 5.69 Å². The molecule has 4 aliphatic rings. The van der Waals surface area contributed by atoms with Gasteiger partial charge in [-0.3, -0.25) is 19.4 Å². The third-order valence-electron chi connectivity index (χ3n) is 12.9. The molecular formula is C46H62N4O11. The third-order valence-corrected chi connectivity index (χ3v) is 12.9. The summed E-state index contributed by atoms with van der Waals surface area (Å²) in [6, 6.07) is 0. The summed E-state index contributed by atoms with van der Waals surface area (Å²) < 4.78 is 24.0. The van der Waals surface area contributed by atoms with Gasteiger partial charge in [0.15, 0.2) is 5.75 Å². The summed E-state index contributed by atoms with van der Waals surface area (Å²) >= 11 is 0. The van der Waals surface area contributed by atoms with Crippen LogP contribution >= 0.6 is 0 Å². The number of hydrogen-bond acceptors (Lipinski definition) is 14. The summed E-state index contributed by atoms with van der Waals surface area (Å²) in [6.07, 6.45) is 5.07. The number of Topliss-reactive ketones (excluding diaryl/α,β-unsaturated/α-hetero) is 1. The second-order valence-electron chi connectivity index (χ2n) is 18.0. The molecule has 1 fully saturated rings. The number of phenolic OH excluding ortho intramolecular Hbond substituents is 2. The summed E-state index contributed by atoms with van der Waals surface area (Å²) in [7, 11) is 1.47. The van der Waals surface area contributed by atoms with E-state index in [4.69, 9.17) is 23.9 Å². The number of aliphatic hydroxyl groups excluding tert-OH is 2. The van der Waals surface area contributed by atoms with Crippen molar-refractivity contribution in [1.29, 1.82) is 0 Å². The molecule has 0 aromatic heterocycles. The predicted molar refractivity (Wildman–Crippen MR) is 228 cm³/mol. The summed E-state index contributed by atoms with van der Waals surface area (Å²) in [6.45, 7) is 19.6. The molecule has 332 valence electrons. The van der Waals surface area contributed by atoms with Crippen LogP contribution in [0.1, 0.15) is 91.1 Å². The number of nitrogens with zero attached hydrogens (tertiary/aromatic N) is 3. The van der Waals surface area contributed by atoms with Crippen molar-refractivity contribution in [2.75, 3.05) is 32.1 Å². The van der Waals surface area contributed by atoms with E-state index in [9.17, 15) is 34.8 Å². The van der Waals surface area contributed by atoms with Gasteiger partial charge in [-0.1, -0.05) is 59.8 Å². The first-order valence-electron chi connectivity index (χ1n) is 21.2. The van der Waals surface area contributed by atoms with E-state index < -0.39 is 82.9 Å². The van der Waals surface area contributed by atoms with E-state index in [2.05, 4.69) is 29.1 Å².